The van der Waals surface area contributed by atoms with Crippen molar-refractivity contribution in [1.29, 1.82) is 0 Å². The summed E-state index contributed by atoms with van der Waals surface area (Å²) in [7, 11) is 0. The summed E-state index contributed by atoms with van der Waals surface area (Å²) in [5, 5.41) is 12.6. The molecule has 0 spiro atoms. The number of aliphatic carboxylic acids is 1. The lowest BCUT2D eigenvalue weighted by molar-refractivity contribution is -0.146. The Kier molecular flexibility index (Phi) is 5.22. The third-order valence-electron chi connectivity index (χ3n) is 3.38. The molecule has 1 atom stereocenters. The number of rotatable bonds is 5. The summed E-state index contributed by atoms with van der Waals surface area (Å²) in [6.45, 7) is 8.86. The fourth-order valence-corrected chi connectivity index (χ4v) is 2.63. The van der Waals surface area contributed by atoms with Crippen molar-refractivity contribution in [1.82, 2.24) is 10.2 Å². The molecule has 0 aromatic carbocycles. The summed E-state index contributed by atoms with van der Waals surface area (Å²) in [5.41, 5.74) is 0. The van der Waals surface area contributed by atoms with Crippen LogP contribution in [0.5, 0.6) is 0 Å². The number of nitrogens with one attached hydrogen (secondary N) is 1. The van der Waals surface area contributed by atoms with Gasteiger partial charge in [0.15, 0.2) is 0 Å². The van der Waals surface area contributed by atoms with Gasteiger partial charge in [-0.25, -0.2) is 0 Å². The molecule has 1 rings (SSSR count). The molecule has 1 heterocycles. The van der Waals surface area contributed by atoms with Gasteiger partial charge in [0.25, 0.3) is 0 Å². The second-order valence-electron chi connectivity index (χ2n) is 4.84. The van der Waals surface area contributed by atoms with E-state index in [1.165, 1.54) is 0 Å². The number of likely N-dealkylation sites (N-methyl/N-ethyl adjacent to an activating group) is 1. The predicted octanol–water partition coefficient (Wildman–Crippen LogP) is 1.17. The third kappa shape index (κ3) is 3.19. The van der Waals surface area contributed by atoms with E-state index in [1.54, 1.807) is 0 Å². The first-order valence-corrected chi connectivity index (χ1v) is 6.27. The molecule has 0 bridgehead atoms. The number of carbonyl (C=O) groups is 1. The topological polar surface area (TPSA) is 52.6 Å². The quantitative estimate of drug-likeness (QED) is 0.741. The van der Waals surface area contributed by atoms with Gasteiger partial charge in [-0.15, -0.1) is 0 Å². The zero-order valence-electron chi connectivity index (χ0n) is 10.6. The van der Waals surface area contributed by atoms with Crippen molar-refractivity contribution in [2.24, 2.45) is 5.92 Å². The highest BCUT2D eigenvalue weighted by atomic mass is 16.4. The second-order valence-corrected chi connectivity index (χ2v) is 4.84. The maximum Gasteiger partial charge on any atom is 0.321 e. The Morgan fingerprint density at radius 1 is 1.44 bits per heavy atom. The molecule has 0 saturated carbocycles. The molecular formula is C12H24N2O2. The molecule has 0 aromatic rings. The van der Waals surface area contributed by atoms with Gasteiger partial charge in [0.05, 0.1) is 0 Å². The fourth-order valence-electron chi connectivity index (χ4n) is 2.63. The number of hydrogen-bond donors (Lipinski definition) is 2. The standard InChI is InChI=1S/C12H24N2O2/c1-4-14(10-5-7-13-8-6-10)11(9(2)3)12(15)16/h9-11,13H,4-8H2,1-3H3,(H,15,16). The van der Waals surface area contributed by atoms with Crippen molar-refractivity contribution in [2.75, 3.05) is 19.6 Å². The van der Waals surface area contributed by atoms with E-state index in [9.17, 15) is 9.90 Å². The van der Waals surface area contributed by atoms with Gasteiger partial charge < -0.3 is 10.4 Å². The van der Waals surface area contributed by atoms with Crippen LogP contribution in [0, 0.1) is 5.92 Å². The number of carboxylic acid groups (broad SMARTS) is 1. The van der Waals surface area contributed by atoms with Crippen LogP contribution in [0.15, 0.2) is 0 Å². The fraction of sp³-hybridized carbons (Fsp3) is 0.917. The van der Waals surface area contributed by atoms with Crippen LogP contribution >= 0.6 is 0 Å². The molecule has 4 heteroatoms. The van der Waals surface area contributed by atoms with Gasteiger partial charge in [-0.2, -0.15) is 0 Å². The number of carboxylic acids is 1. The molecule has 0 amide bonds. The summed E-state index contributed by atoms with van der Waals surface area (Å²) >= 11 is 0. The lowest BCUT2D eigenvalue weighted by Crippen LogP contribution is -2.52. The molecule has 1 saturated heterocycles. The van der Waals surface area contributed by atoms with Crippen LogP contribution in [0.2, 0.25) is 0 Å². The maximum absolute atomic E-state index is 11.3. The van der Waals surface area contributed by atoms with Crippen molar-refractivity contribution >= 4 is 5.97 Å². The molecule has 1 aliphatic rings. The zero-order valence-corrected chi connectivity index (χ0v) is 10.6. The Morgan fingerprint density at radius 2 is 2.00 bits per heavy atom. The zero-order chi connectivity index (χ0) is 12.1. The SMILES string of the molecule is CCN(C1CCNCC1)C(C(=O)O)C(C)C. The normalized spacial score (nSPS) is 20.3. The lowest BCUT2D eigenvalue weighted by Gasteiger charge is -2.39. The van der Waals surface area contributed by atoms with E-state index >= 15 is 0 Å². The van der Waals surface area contributed by atoms with E-state index in [0.717, 1.165) is 32.5 Å². The van der Waals surface area contributed by atoms with Crippen molar-refractivity contribution < 1.29 is 9.90 Å². The highest BCUT2D eigenvalue weighted by Gasteiger charge is 2.32. The molecular weight excluding hydrogens is 204 g/mol. The van der Waals surface area contributed by atoms with Gasteiger partial charge >= 0.3 is 5.97 Å². The number of hydrogen-bond acceptors (Lipinski definition) is 3. The molecule has 16 heavy (non-hydrogen) atoms. The van der Waals surface area contributed by atoms with Crippen LogP contribution in [0.25, 0.3) is 0 Å². The molecule has 1 fully saturated rings. The minimum atomic E-state index is -0.685. The molecule has 2 N–H and O–H groups in total. The average molecular weight is 228 g/mol. The molecule has 94 valence electrons. The predicted molar refractivity (Wildman–Crippen MR) is 64.5 cm³/mol. The Labute approximate surface area is 98.0 Å². The Balaban J connectivity index is 2.72. The minimum Gasteiger partial charge on any atom is -0.480 e. The minimum absolute atomic E-state index is 0.160. The molecule has 0 aliphatic carbocycles. The summed E-state index contributed by atoms with van der Waals surface area (Å²) in [6, 6.07) is 0.0860. The van der Waals surface area contributed by atoms with Gasteiger partial charge in [-0.05, 0) is 38.4 Å². The van der Waals surface area contributed by atoms with Crippen molar-refractivity contribution in [3.05, 3.63) is 0 Å². The van der Waals surface area contributed by atoms with Crippen LogP contribution in [0.1, 0.15) is 33.6 Å². The van der Waals surface area contributed by atoms with E-state index in [2.05, 4.69) is 17.1 Å². The highest BCUT2D eigenvalue weighted by molar-refractivity contribution is 5.73. The van der Waals surface area contributed by atoms with Crippen LogP contribution < -0.4 is 5.32 Å². The first-order valence-electron chi connectivity index (χ1n) is 6.27. The summed E-state index contributed by atoms with van der Waals surface area (Å²) in [6.07, 6.45) is 2.12. The number of nitrogens with zero attached hydrogens (tertiary/aromatic N) is 1. The van der Waals surface area contributed by atoms with E-state index in [1.807, 2.05) is 13.8 Å². The van der Waals surface area contributed by atoms with Gasteiger partial charge in [0.1, 0.15) is 6.04 Å². The van der Waals surface area contributed by atoms with Gasteiger partial charge in [-0.3, -0.25) is 9.69 Å². The lowest BCUT2D eigenvalue weighted by atomic mass is 9.96. The average Bonchev–Trinajstić information content (AvgIpc) is 2.25. The summed E-state index contributed by atoms with van der Waals surface area (Å²) in [5.74, 6) is -0.525. The van der Waals surface area contributed by atoms with Gasteiger partial charge in [0, 0.05) is 6.04 Å². The van der Waals surface area contributed by atoms with E-state index in [0.29, 0.717) is 6.04 Å². The van der Waals surface area contributed by atoms with E-state index in [-0.39, 0.29) is 12.0 Å². The first kappa shape index (κ1) is 13.5. The highest BCUT2D eigenvalue weighted by Crippen LogP contribution is 2.19. The molecule has 1 unspecified atom stereocenters. The maximum atomic E-state index is 11.3. The Morgan fingerprint density at radius 3 is 2.38 bits per heavy atom. The van der Waals surface area contributed by atoms with Crippen LogP contribution in [-0.2, 0) is 4.79 Å². The van der Waals surface area contributed by atoms with Crippen LogP contribution in [0.4, 0.5) is 0 Å². The Hall–Kier alpha value is -0.610. The molecule has 4 nitrogen and oxygen atoms in total. The second kappa shape index (κ2) is 6.21. The third-order valence-corrected chi connectivity index (χ3v) is 3.38. The largest absolute Gasteiger partial charge is 0.480 e. The molecule has 1 aliphatic heterocycles. The Bertz CT molecular complexity index is 225. The van der Waals surface area contributed by atoms with Crippen LogP contribution in [-0.4, -0.2) is 47.7 Å². The van der Waals surface area contributed by atoms with E-state index < -0.39 is 5.97 Å². The van der Waals surface area contributed by atoms with Crippen LogP contribution in [0.3, 0.4) is 0 Å². The van der Waals surface area contributed by atoms with Gasteiger partial charge in [0.2, 0.25) is 0 Å². The summed E-state index contributed by atoms with van der Waals surface area (Å²) < 4.78 is 0. The number of piperidine rings is 1. The molecule has 0 aromatic heterocycles. The smallest absolute Gasteiger partial charge is 0.321 e. The van der Waals surface area contributed by atoms with E-state index in [4.69, 9.17) is 0 Å². The van der Waals surface area contributed by atoms with Gasteiger partial charge in [-0.1, -0.05) is 20.8 Å². The monoisotopic (exact) mass is 228 g/mol. The van der Waals surface area contributed by atoms with Crippen molar-refractivity contribution in [3.63, 3.8) is 0 Å². The van der Waals surface area contributed by atoms with Crippen molar-refractivity contribution in [3.8, 4) is 0 Å². The summed E-state index contributed by atoms with van der Waals surface area (Å²) in [4.78, 5) is 13.5. The first-order chi connectivity index (χ1) is 7.57. The molecule has 0 radical (unpaired) electrons. The van der Waals surface area contributed by atoms with Crippen molar-refractivity contribution in [2.45, 2.75) is 45.7 Å².